The number of anilines is 1. The molecule has 4 nitrogen and oxygen atoms in total. The van der Waals surface area contributed by atoms with E-state index in [1.54, 1.807) is 7.05 Å². The van der Waals surface area contributed by atoms with Gasteiger partial charge in [0.25, 0.3) is 5.91 Å². The van der Waals surface area contributed by atoms with Crippen molar-refractivity contribution in [2.24, 2.45) is 0 Å². The third-order valence-electron chi connectivity index (χ3n) is 3.12. The molecule has 1 aromatic heterocycles. The van der Waals surface area contributed by atoms with Crippen LogP contribution in [0.15, 0.2) is 36.4 Å². The number of nitrogens with zero attached hydrogens (tertiary/aromatic N) is 2. The van der Waals surface area contributed by atoms with Gasteiger partial charge in [-0.25, -0.2) is 4.98 Å². The summed E-state index contributed by atoms with van der Waals surface area (Å²) in [7, 11) is 5.39. The Bertz CT molecular complexity index is 618. The van der Waals surface area contributed by atoms with Crippen LogP contribution in [-0.4, -0.2) is 32.0 Å². The van der Waals surface area contributed by atoms with Gasteiger partial charge in [0.05, 0.1) is 11.3 Å². The molecule has 0 aliphatic heterocycles. The van der Waals surface area contributed by atoms with Crippen LogP contribution in [0.2, 0.25) is 0 Å². The highest BCUT2D eigenvalue weighted by Crippen LogP contribution is 2.23. The van der Waals surface area contributed by atoms with Crippen LogP contribution in [0.1, 0.15) is 15.9 Å². The zero-order valence-electron chi connectivity index (χ0n) is 12.3. The Hall–Kier alpha value is -2.36. The molecule has 0 saturated heterocycles. The van der Waals surface area contributed by atoms with Gasteiger partial charge < -0.3 is 10.2 Å². The molecule has 0 unspecified atom stereocenters. The molecule has 1 heterocycles. The number of carbonyl (C=O) groups is 1. The molecular weight excluding hydrogens is 250 g/mol. The third kappa shape index (κ3) is 2.79. The van der Waals surface area contributed by atoms with Gasteiger partial charge in [-0.1, -0.05) is 29.8 Å². The molecule has 1 aromatic carbocycles. The molecule has 1 N–H and O–H groups in total. The Kier molecular flexibility index (Phi) is 4.03. The van der Waals surface area contributed by atoms with Crippen LogP contribution in [0.5, 0.6) is 0 Å². The summed E-state index contributed by atoms with van der Waals surface area (Å²) in [5.74, 6) is 0.541. The Balaban J connectivity index is 2.50. The van der Waals surface area contributed by atoms with E-state index in [1.807, 2.05) is 43.3 Å². The average molecular weight is 269 g/mol. The quantitative estimate of drug-likeness (QED) is 0.931. The van der Waals surface area contributed by atoms with Gasteiger partial charge in [0.1, 0.15) is 5.82 Å². The molecule has 0 saturated carbocycles. The lowest BCUT2D eigenvalue weighted by Crippen LogP contribution is -2.23. The molecule has 104 valence electrons. The van der Waals surface area contributed by atoms with E-state index >= 15 is 0 Å². The lowest BCUT2D eigenvalue weighted by Gasteiger charge is -2.16. The van der Waals surface area contributed by atoms with E-state index in [9.17, 15) is 4.79 Å². The fourth-order valence-electron chi connectivity index (χ4n) is 1.99. The number of pyridine rings is 1. The van der Waals surface area contributed by atoms with E-state index in [0.717, 1.165) is 11.3 Å². The van der Waals surface area contributed by atoms with Crippen molar-refractivity contribution in [1.82, 2.24) is 10.3 Å². The van der Waals surface area contributed by atoms with E-state index in [4.69, 9.17) is 0 Å². The number of aromatic nitrogens is 1. The second kappa shape index (κ2) is 5.74. The number of carbonyl (C=O) groups excluding carboxylic acids is 1. The lowest BCUT2D eigenvalue weighted by molar-refractivity contribution is 0.0963. The van der Waals surface area contributed by atoms with Crippen LogP contribution in [0.25, 0.3) is 11.3 Å². The highest BCUT2D eigenvalue weighted by molar-refractivity contribution is 5.99. The highest BCUT2D eigenvalue weighted by atomic mass is 16.1. The number of benzene rings is 1. The molecule has 2 aromatic rings. The minimum absolute atomic E-state index is 0.128. The first kappa shape index (κ1) is 14.1. The van der Waals surface area contributed by atoms with Crippen molar-refractivity contribution in [3.05, 3.63) is 47.5 Å². The summed E-state index contributed by atoms with van der Waals surface area (Å²) >= 11 is 0. The molecule has 0 atom stereocenters. The zero-order valence-corrected chi connectivity index (χ0v) is 12.3. The van der Waals surface area contributed by atoms with Gasteiger partial charge in [-0.2, -0.15) is 0 Å². The van der Waals surface area contributed by atoms with Gasteiger partial charge in [0.15, 0.2) is 0 Å². The molecule has 4 heteroatoms. The standard InChI is InChI=1S/C16H19N3O/c1-11-5-7-12(8-6-11)14-10-9-13(16(20)17-2)15(18-14)19(3)4/h5-10H,1-4H3,(H,17,20). The molecular formula is C16H19N3O. The molecule has 20 heavy (non-hydrogen) atoms. The van der Waals surface area contributed by atoms with Crippen molar-refractivity contribution in [3.8, 4) is 11.3 Å². The molecule has 0 bridgehead atoms. The Morgan fingerprint density at radius 2 is 1.75 bits per heavy atom. The molecule has 0 spiro atoms. The van der Waals surface area contributed by atoms with Crippen molar-refractivity contribution < 1.29 is 4.79 Å². The van der Waals surface area contributed by atoms with Crippen molar-refractivity contribution in [1.29, 1.82) is 0 Å². The van der Waals surface area contributed by atoms with Crippen LogP contribution < -0.4 is 10.2 Å². The molecule has 1 amide bonds. The maximum Gasteiger partial charge on any atom is 0.254 e. The van der Waals surface area contributed by atoms with Crippen LogP contribution >= 0.6 is 0 Å². The topological polar surface area (TPSA) is 45.2 Å². The van der Waals surface area contributed by atoms with E-state index in [-0.39, 0.29) is 5.91 Å². The first-order valence-corrected chi connectivity index (χ1v) is 6.50. The monoisotopic (exact) mass is 269 g/mol. The molecule has 0 aliphatic rings. The molecule has 0 radical (unpaired) electrons. The van der Waals surface area contributed by atoms with Gasteiger partial charge >= 0.3 is 0 Å². The number of aryl methyl sites for hydroxylation is 1. The smallest absolute Gasteiger partial charge is 0.254 e. The van der Waals surface area contributed by atoms with Crippen LogP contribution in [-0.2, 0) is 0 Å². The Labute approximate surface area is 119 Å². The lowest BCUT2D eigenvalue weighted by atomic mass is 10.1. The molecule has 2 rings (SSSR count). The van der Waals surface area contributed by atoms with E-state index in [0.29, 0.717) is 11.4 Å². The summed E-state index contributed by atoms with van der Waals surface area (Å²) < 4.78 is 0. The number of hydrogen-bond donors (Lipinski definition) is 1. The summed E-state index contributed by atoms with van der Waals surface area (Å²) in [5.41, 5.74) is 3.69. The average Bonchev–Trinajstić information content (AvgIpc) is 2.46. The van der Waals surface area contributed by atoms with Crippen LogP contribution in [0.4, 0.5) is 5.82 Å². The maximum absolute atomic E-state index is 11.9. The van der Waals surface area contributed by atoms with Gasteiger partial charge in [0, 0.05) is 26.7 Å². The van der Waals surface area contributed by atoms with Crippen LogP contribution in [0.3, 0.4) is 0 Å². The largest absolute Gasteiger partial charge is 0.362 e. The Morgan fingerprint density at radius 3 is 2.30 bits per heavy atom. The molecule has 0 fully saturated rings. The normalized spacial score (nSPS) is 10.2. The summed E-state index contributed by atoms with van der Waals surface area (Å²) in [5, 5.41) is 2.64. The van der Waals surface area contributed by atoms with Crippen molar-refractivity contribution >= 4 is 11.7 Å². The van der Waals surface area contributed by atoms with E-state index < -0.39 is 0 Å². The first-order chi connectivity index (χ1) is 9.52. The van der Waals surface area contributed by atoms with Gasteiger partial charge in [0.2, 0.25) is 0 Å². The van der Waals surface area contributed by atoms with Crippen LogP contribution in [0, 0.1) is 6.92 Å². The second-order valence-electron chi connectivity index (χ2n) is 4.91. The molecule has 0 aliphatic carbocycles. The van der Waals surface area contributed by atoms with Crippen molar-refractivity contribution in [2.75, 3.05) is 26.0 Å². The zero-order chi connectivity index (χ0) is 14.7. The van der Waals surface area contributed by atoms with E-state index in [1.165, 1.54) is 5.56 Å². The maximum atomic E-state index is 11.9. The van der Waals surface area contributed by atoms with Gasteiger partial charge in [-0.05, 0) is 19.1 Å². The summed E-state index contributed by atoms with van der Waals surface area (Å²) in [4.78, 5) is 18.3. The Morgan fingerprint density at radius 1 is 1.10 bits per heavy atom. The fraction of sp³-hybridized carbons (Fsp3) is 0.250. The van der Waals surface area contributed by atoms with Crippen molar-refractivity contribution in [2.45, 2.75) is 6.92 Å². The van der Waals surface area contributed by atoms with E-state index in [2.05, 4.69) is 29.4 Å². The number of nitrogens with one attached hydrogen (secondary N) is 1. The minimum Gasteiger partial charge on any atom is -0.362 e. The van der Waals surface area contributed by atoms with Gasteiger partial charge in [-0.3, -0.25) is 4.79 Å². The predicted molar refractivity (Wildman–Crippen MR) is 82.1 cm³/mol. The third-order valence-corrected chi connectivity index (χ3v) is 3.12. The summed E-state index contributed by atoms with van der Waals surface area (Å²) in [6.07, 6.45) is 0. The van der Waals surface area contributed by atoms with Crippen molar-refractivity contribution in [3.63, 3.8) is 0 Å². The number of rotatable bonds is 3. The SMILES string of the molecule is CNC(=O)c1ccc(-c2ccc(C)cc2)nc1N(C)C. The summed E-state index contributed by atoms with van der Waals surface area (Å²) in [6, 6.07) is 11.9. The van der Waals surface area contributed by atoms with Gasteiger partial charge in [-0.15, -0.1) is 0 Å². The number of hydrogen-bond acceptors (Lipinski definition) is 3. The summed E-state index contributed by atoms with van der Waals surface area (Å²) in [6.45, 7) is 2.05. The second-order valence-corrected chi connectivity index (χ2v) is 4.91. The highest BCUT2D eigenvalue weighted by Gasteiger charge is 2.14. The minimum atomic E-state index is -0.128. The fourth-order valence-corrected chi connectivity index (χ4v) is 1.99. The predicted octanol–water partition coefficient (Wildman–Crippen LogP) is 2.48. The first-order valence-electron chi connectivity index (χ1n) is 6.50. The number of amides is 1.